The van der Waals surface area contributed by atoms with Crippen LogP contribution in [0.1, 0.15) is 43.0 Å². The minimum absolute atomic E-state index is 0.0218. The van der Waals surface area contributed by atoms with Gasteiger partial charge in [-0.1, -0.05) is 26.2 Å². The molecule has 1 aliphatic rings. The van der Waals surface area contributed by atoms with Gasteiger partial charge in [-0.15, -0.1) is 0 Å². The van der Waals surface area contributed by atoms with Gasteiger partial charge in [-0.2, -0.15) is 0 Å². The Hall–Kier alpha value is -1.22. The molecule has 17 heavy (non-hydrogen) atoms. The maximum absolute atomic E-state index is 12.7. The van der Waals surface area contributed by atoms with E-state index >= 15 is 0 Å². The van der Waals surface area contributed by atoms with Crippen molar-refractivity contribution in [2.75, 3.05) is 0 Å². The summed E-state index contributed by atoms with van der Waals surface area (Å²) >= 11 is 0. The van der Waals surface area contributed by atoms with E-state index in [1.54, 1.807) is 0 Å². The second kappa shape index (κ2) is 5.41. The molecule has 0 bridgehead atoms. The molecule has 2 nitrogen and oxygen atoms in total. The number of Topliss-reactive ketones (excluding diaryl/α,β-unsaturated/α-hetero) is 1. The minimum Gasteiger partial charge on any atom is -0.361 e. The molecule has 1 aliphatic heterocycles. The zero-order valence-electron chi connectivity index (χ0n) is 9.99. The van der Waals surface area contributed by atoms with Crippen LogP contribution in [0.2, 0.25) is 0 Å². The monoisotopic (exact) mass is 236 g/mol. The fourth-order valence-electron chi connectivity index (χ4n) is 1.97. The number of hydrogen-bond donors (Lipinski definition) is 0. The lowest BCUT2D eigenvalue weighted by atomic mass is 10.0. The van der Waals surface area contributed by atoms with E-state index in [9.17, 15) is 9.18 Å². The Kier molecular flexibility index (Phi) is 3.89. The molecule has 0 spiro atoms. The van der Waals surface area contributed by atoms with E-state index in [2.05, 4.69) is 6.92 Å². The van der Waals surface area contributed by atoms with E-state index < -0.39 is 0 Å². The normalized spacial score (nSPS) is 22.5. The van der Waals surface area contributed by atoms with Crippen LogP contribution >= 0.6 is 0 Å². The predicted molar refractivity (Wildman–Crippen MR) is 63.5 cm³/mol. The first kappa shape index (κ1) is 12.2. The summed E-state index contributed by atoms with van der Waals surface area (Å²) in [6.07, 6.45) is 4.19. The predicted octanol–water partition coefficient (Wildman–Crippen LogP) is 3.36. The van der Waals surface area contributed by atoms with Crippen molar-refractivity contribution in [2.45, 2.75) is 44.8 Å². The number of epoxide rings is 1. The van der Waals surface area contributed by atoms with Crippen molar-refractivity contribution in [1.82, 2.24) is 0 Å². The van der Waals surface area contributed by atoms with Crippen molar-refractivity contribution in [2.24, 2.45) is 0 Å². The lowest BCUT2D eigenvalue weighted by Crippen LogP contribution is -2.10. The van der Waals surface area contributed by atoms with Crippen LogP contribution in [0.15, 0.2) is 24.3 Å². The topological polar surface area (TPSA) is 29.6 Å². The van der Waals surface area contributed by atoms with Crippen LogP contribution in [0.5, 0.6) is 0 Å². The van der Waals surface area contributed by atoms with E-state index in [1.165, 1.54) is 37.1 Å². The molecule has 0 radical (unpaired) electrons. The van der Waals surface area contributed by atoms with Crippen LogP contribution < -0.4 is 0 Å². The molecule has 3 heteroatoms. The second-order valence-corrected chi connectivity index (χ2v) is 4.46. The summed E-state index contributed by atoms with van der Waals surface area (Å²) < 4.78 is 18.1. The summed E-state index contributed by atoms with van der Waals surface area (Å²) in [5, 5.41) is 0. The highest BCUT2D eigenvalue weighted by molar-refractivity contribution is 6.01. The number of carbonyl (C=O) groups excluding carboxylic acids is 1. The Morgan fingerprint density at radius 2 is 2.00 bits per heavy atom. The highest BCUT2D eigenvalue weighted by Crippen LogP contribution is 2.30. The lowest BCUT2D eigenvalue weighted by Gasteiger charge is -1.97. The number of ketones is 1. The van der Waals surface area contributed by atoms with Crippen LogP contribution in [0.3, 0.4) is 0 Å². The lowest BCUT2D eigenvalue weighted by molar-refractivity contribution is 0.0953. The van der Waals surface area contributed by atoms with Crippen LogP contribution in [0.25, 0.3) is 0 Å². The van der Waals surface area contributed by atoms with Gasteiger partial charge in [0.1, 0.15) is 11.9 Å². The van der Waals surface area contributed by atoms with E-state index in [-0.39, 0.29) is 23.8 Å². The molecule has 1 aromatic carbocycles. The van der Waals surface area contributed by atoms with Gasteiger partial charge in [0.25, 0.3) is 0 Å². The zero-order chi connectivity index (χ0) is 12.3. The third-order valence-corrected chi connectivity index (χ3v) is 3.06. The number of carbonyl (C=O) groups is 1. The fourth-order valence-corrected chi connectivity index (χ4v) is 1.97. The first-order chi connectivity index (χ1) is 8.22. The van der Waals surface area contributed by atoms with E-state index in [0.29, 0.717) is 5.56 Å². The second-order valence-electron chi connectivity index (χ2n) is 4.46. The molecule has 1 saturated heterocycles. The van der Waals surface area contributed by atoms with Crippen LogP contribution in [0.4, 0.5) is 4.39 Å². The third-order valence-electron chi connectivity index (χ3n) is 3.06. The average molecular weight is 236 g/mol. The molecule has 0 unspecified atom stereocenters. The first-order valence-corrected chi connectivity index (χ1v) is 6.17. The smallest absolute Gasteiger partial charge is 0.194 e. The zero-order valence-corrected chi connectivity index (χ0v) is 9.99. The van der Waals surface area contributed by atoms with E-state index in [0.717, 1.165) is 12.8 Å². The number of ether oxygens (including phenoxy) is 1. The Morgan fingerprint density at radius 1 is 1.29 bits per heavy atom. The average Bonchev–Trinajstić information content (AvgIpc) is 3.09. The molecule has 1 fully saturated rings. The number of halogens is 1. The number of unbranched alkanes of at least 4 members (excludes halogenated alkanes) is 2. The van der Waals surface area contributed by atoms with Gasteiger partial charge in [0.2, 0.25) is 0 Å². The molecule has 1 heterocycles. The highest BCUT2D eigenvalue weighted by atomic mass is 19.1. The van der Waals surface area contributed by atoms with Gasteiger partial charge in [0.05, 0.1) is 6.10 Å². The standard InChI is InChI=1S/C14H17FO2/c1-2-3-4-5-12-14(17-12)13(16)10-6-8-11(15)9-7-10/h6-9,12,14H,2-5H2,1H3/t12-,14+/m1/s1. The van der Waals surface area contributed by atoms with Gasteiger partial charge in [-0.3, -0.25) is 4.79 Å². The van der Waals surface area contributed by atoms with E-state index in [4.69, 9.17) is 4.74 Å². The molecule has 0 saturated carbocycles. The highest BCUT2D eigenvalue weighted by Gasteiger charge is 2.44. The maximum Gasteiger partial charge on any atom is 0.194 e. The fraction of sp³-hybridized carbons (Fsp3) is 0.500. The van der Waals surface area contributed by atoms with Crippen LogP contribution in [0, 0.1) is 5.82 Å². The molecule has 0 N–H and O–H groups in total. The Labute approximate surface area is 101 Å². The third kappa shape index (κ3) is 3.13. The van der Waals surface area contributed by atoms with Gasteiger partial charge in [-0.25, -0.2) is 4.39 Å². The van der Waals surface area contributed by atoms with Gasteiger partial charge in [0.15, 0.2) is 5.78 Å². The van der Waals surface area contributed by atoms with Gasteiger partial charge >= 0.3 is 0 Å². The van der Waals surface area contributed by atoms with Gasteiger partial charge in [-0.05, 0) is 30.7 Å². The Bertz CT molecular complexity index is 386. The Morgan fingerprint density at radius 3 is 2.65 bits per heavy atom. The maximum atomic E-state index is 12.7. The molecule has 92 valence electrons. The van der Waals surface area contributed by atoms with Gasteiger partial charge in [0, 0.05) is 5.56 Å². The van der Waals surface area contributed by atoms with Crippen molar-refractivity contribution >= 4 is 5.78 Å². The molecule has 2 rings (SSSR count). The molecule has 0 aliphatic carbocycles. The van der Waals surface area contributed by atoms with Crippen molar-refractivity contribution < 1.29 is 13.9 Å². The summed E-state index contributed by atoms with van der Waals surface area (Å²) in [6.45, 7) is 2.15. The van der Waals surface area contributed by atoms with Crippen LogP contribution in [-0.4, -0.2) is 18.0 Å². The largest absolute Gasteiger partial charge is 0.361 e. The number of rotatable bonds is 6. The Balaban J connectivity index is 1.84. The SMILES string of the molecule is CCCCC[C@H]1O[C@@H]1C(=O)c1ccc(F)cc1. The number of benzene rings is 1. The quantitative estimate of drug-likeness (QED) is 0.430. The molecule has 1 aromatic rings. The molecule has 2 atom stereocenters. The molecule has 0 aromatic heterocycles. The summed E-state index contributed by atoms with van der Waals surface area (Å²) in [5.74, 6) is -0.343. The van der Waals surface area contributed by atoms with Crippen LogP contribution in [-0.2, 0) is 4.74 Å². The summed E-state index contributed by atoms with van der Waals surface area (Å²) in [6, 6.07) is 5.65. The molecular weight excluding hydrogens is 219 g/mol. The number of hydrogen-bond acceptors (Lipinski definition) is 2. The van der Waals surface area contributed by atoms with Gasteiger partial charge < -0.3 is 4.74 Å². The summed E-state index contributed by atoms with van der Waals surface area (Å²) in [4.78, 5) is 11.9. The minimum atomic E-state index is -0.322. The summed E-state index contributed by atoms with van der Waals surface area (Å²) in [5.41, 5.74) is 0.536. The molecule has 0 amide bonds. The first-order valence-electron chi connectivity index (χ1n) is 6.17. The van der Waals surface area contributed by atoms with E-state index in [1.807, 2.05) is 0 Å². The van der Waals surface area contributed by atoms with Crippen molar-refractivity contribution in [3.63, 3.8) is 0 Å². The summed E-state index contributed by atoms with van der Waals surface area (Å²) in [7, 11) is 0. The van der Waals surface area contributed by atoms with Crippen molar-refractivity contribution in [3.05, 3.63) is 35.6 Å². The molecular formula is C14H17FO2. The van der Waals surface area contributed by atoms with Crippen molar-refractivity contribution in [1.29, 1.82) is 0 Å². The van der Waals surface area contributed by atoms with Crippen molar-refractivity contribution in [3.8, 4) is 0 Å².